The molecule has 1 saturated carbocycles. The van der Waals surface area contributed by atoms with Gasteiger partial charge in [0.1, 0.15) is 5.60 Å². The number of rotatable bonds is 2. The monoisotopic (exact) mass is 271 g/mol. The van der Waals surface area contributed by atoms with Gasteiger partial charge in [-0.05, 0) is 56.2 Å². The average Bonchev–Trinajstić information content (AvgIpc) is 2.41. The molecular formula is C18H25NO. The van der Waals surface area contributed by atoms with Crippen molar-refractivity contribution < 1.29 is 5.11 Å². The second-order valence-electron chi connectivity index (χ2n) is 6.77. The third kappa shape index (κ3) is 2.36. The first-order chi connectivity index (χ1) is 9.32. The van der Waals surface area contributed by atoms with Crippen LogP contribution in [0.2, 0.25) is 0 Å². The molecule has 0 bridgehead atoms. The van der Waals surface area contributed by atoms with Crippen molar-refractivity contribution in [3.8, 4) is 6.07 Å². The smallest absolute Gasteiger partial charge is 0.105 e. The second kappa shape index (κ2) is 5.22. The van der Waals surface area contributed by atoms with Crippen LogP contribution in [0.1, 0.15) is 56.2 Å². The lowest BCUT2D eigenvalue weighted by atomic mass is 9.60. The number of hydrogen-bond donors (Lipinski definition) is 1. The molecule has 2 heteroatoms. The molecule has 0 aliphatic heterocycles. The summed E-state index contributed by atoms with van der Waals surface area (Å²) in [6, 6.07) is 8.52. The van der Waals surface area contributed by atoms with Gasteiger partial charge in [-0.15, -0.1) is 0 Å². The van der Waals surface area contributed by atoms with Crippen LogP contribution in [0.15, 0.2) is 18.2 Å². The zero-order valence-corrected chi connectivity index (χ0v) is 13.0. The van der Waals surface area contributed by atoms with Gasteiger partial charge in [0.2, 0.25) is 0 Å². The molecule has 0 radical (unpaired) electrons. The van der Waals surface area contributed by atoms with Crippen molar-refractivity contribution in [1.29, 1.82) is 5.26 Å². The third-order valence-electron chi connectivity index (χ3n) is 5.21. The summed E-state index contributed by atoms with van der Waals surface area (Å²) in [4.78, 5) is 0. The van der Waals surface area contributed by atoms with Gasteiger partial charge in [-0.1, -0.05) is 38.0 Å². The molecule has 2 rings (SSSR count). The van der Waals surface area contributed by atoms with Crippen LogP contribution in [0.25, 0.3) is 0 Å². The van der Waals surface area contributed by atoms with E-state index >= 15 is 0 Å². The van der Waals surface area contributed by atoms with Gasteiger partial charge < -0.3 is 5.11 Å². The highest BCUT2D eigenvalue weighted by Crippen LogP contribution is 2.51. The molecule has 1 aromatic carbocycles. The SMILES string of the molecule is Cc1ccc(C(C)(O)C2(C#N)CCCC(C)C2)cc1C. The van der Waals surface area contributed by atoms with E-state index in [-0.39, 0.29) is 0 Å². The van der Waals surface area contributed by atoms with E-state index in [0.717, 1.165) is 31.2 Å². The van der Waals surface area contributed by atoms with Crippen LogP contribution in [0.3, 0.4) is 0 Å². The molecule has 0 spiro atoms. The van der Waals surface area contributed by atoms with E-state index in [1.807, 2.05) is 25.1 Å². The molecule has 1 aliphatic rings. The van der Waals surface area contributed by atoms with Crippen molar-refractivity contribution in [3.63, 3.8) is 0 Å². The summed E-state index contributed by atoms with van der Waals surface area (Å²) in [6.07, 6.45) is 3.75. The van der Waals surface area contributed by atoms with Crippen LogP contribution in [0.4, 0.5) is 0 Å². The van der Waals surface area contributed by atoms with Gasteiger partial charge in [-0.2, -0.15) is 5.26 Å². The molecule has 108 valence electrons. The van der Waals surface area contributed by atoms with E-state index in [0.29, 0.717) is 5.92 Å². The second-order valence-corrected chi connectivity index (χ2v) is 6.77. The van der Waals surface area contributed by atoms with Crippen molar-refractivity contribution in [2.45, 2.75) is 59.0 Å². The van der Waals surface area contributed by atoms with E-state index < -0.39 is 11.0 Å². The highest BCUT2D eigenvalue weighted by Gasteiger charge is 2.50. The molecule has 0 amide bonds. The first kappa shape index (κ1) is 15.1. The molecule has 20 heavy (non-hydrogen) atoms. The fraction of sp³-hybridized carbons (Fsp3) is 0.611. The quantitative estimate of drug-likeness (QED) is 0.874. The van der Waals surface area contributed by atoms with Crippen LogP contribution in [0.5, 0.6) is 0 Å². The topological polar surface area (TPSA) is 44.0 Å². The number of aryl methyl sites for hydroxylation is 2. The molecule has 1 fully saturated rings. The van der Waals surface area contributed by atoms with Gasteiger partial charge in [0.15, 0.2) is 0 Å². The minimum absolute atomic E-state index is 0.501. The average molecular weight is 271 g/mol. The van der Waals surface area contributed by atoms with Gasteiger partial charge in [0.05, 0.1) is 11.5 Å². The predicted molar refractivity (Wildman–Crippen MR) is 81.2 cm³/mol. The Morgan fingerprint density at radius 1 is 1.35 bits per heavy atom. The predicted octanol–water partition coefficient (Wildman–Crippen LogP) is 4.23. The molecule has 1 aromatic rings. The van der Waals surface area contributed by atoms with E-state index in [9.17, 15) is 10.4 Å². The first-order valence-corrected chi connectivity index (χ1v) is 7.54. The maximum Gasteiger partial charge on any atom is 0.105 e. The molecule has 2 nitrogen and oxygen atoms in total. The third-order valence-corrected chi connectivity index (χ3v) is 5.21. The minimum Gasteiger partial charge on any atom is -0.384 e. The lowest BCUT2D eigenvalue weighted by Gasteiger charge is -2.45. The Kier molecular flexibility index (Phi) is 3.93. The zero-order chi connectivity index (χ0) is 15.0. The van der Waals surface area contributed by atoms with Crippen LogP contribution in [0, 0.1) is 36.5 Å². The molecule has 1 aliphatic carbocycles. The molecule has 1 N–H and O–H groups in total. The van der Waals surface area contributed by atoms with Crippen molar-refractivity contribution in [2.24, 2.45) is 11.3 Å². The number of nitrogens with zero attached hydrogens (tertiary/aromatic N) is 1. The Hall–Kier alpha value is -1.33. The molecule has 0 heterocycles. The summed E-state index contributed by atoms with van der Waals surface area (Å²) in [5.41, 5.74) is 1.50. The van der Waals surface area contributed by atoms with Crippen molar-refractivity contribution in [3.05, 3.63) is 34.9 Å². The number of hydrogen-bond acceptors (Lipinski definition) is 2. The van der Waals surface area contributed by atoms with Crippen LogP contribution < -0.4 is 0 Å². The maximum absolute atomic E-state index is 11.2. The van der Waals surface area contributed by atoms with Crippen LogP contribution >= 0.6 is 0 Å². The summed E-state index contributed by atoms with van der Waals surface area (Å²) in [7, 11) is 0. The molecule has 3 atom stereocenters. The Bertz CT molecular complexity index is 541. The Morgan fingerprint density at radius 3 is 2.60 bits per heavy atom. The Balaban J connectivity index is 2.46. The fourth-order valence-corrected chi connectivity index (χ4v) is 3.52. The highest BCUT2D eigenvalue weighted by molar-refractivity contribution is 5.36. The fourth-order valence-electron chi connectivity index (χ4n) is 3.52. The zero-order valence-electron chi connectivity index (χ0n) is 13.0. The standard InChI is InChI=1S/C18H25NO/c1-13-6-5-9-18(11-13,12-19)17(4,20)16-8-7-14(2)15(3)10-16/h7-8,10,13,20H,5-6,9,11H2,1-4H3. The van der Waals surface area contributed by atoms with E-state index in [4.69, 9.17) is 0 Å². The molecule has 3 unspecified atom stereocenters. The van der Waals surface area contributed by atoms with Crippen molar-refractivity contribution in [1.82, 2.24) is 0 Å². The van der Waals surface area contributed by atoms with Crippen molar-refractivity contribution in [2.75, 3.05) is 0 Å². The van der Waals surface area contributed by atoms with Crippen LogP contribution in [-0.2, 0) is 5.60 Å². The van der Waals surface area contributed by atoms with Gasteiger partial charge >= 0.3 is 0 Å². The maximum atomic E-state index is 11.2. The van der Waals surface area contributed by atoms with E-state index in [1.165, 1.54) is 11.1 Å². The van der Waals surface area contributed by atoms with Gasteiger partial charge in [0.25, 0.3) is 0 Å². The summed E-state index contributed by atoms with van der Waals surface area (Å²) in [5, 5.41) is 20.9. The summed E-state index contributed by atoms with van der Waals surface area (Å²) in [6.45, 7) is 8.12. The number of nitriles is 1. The molecule has 0 aromatic heterocycles. The first-order valence-electron chi connectivity index (χ1n) is 7.54. The molecular weight excluding hydrogens is 246 g/mol. The Morgan fingerprint density at radius 2 is 2.05 bits per heavy atom. The lowest BCUT2D eigenvalue weighted by molar-refractivity contribution is -0.0720. The van der Waals surface area contributed by atoms with Gasteiger partial charge in [0, 0.05) is 0 Å². The molecule has 0 saturated heterocycles. The number of aliphatic hydroxyl groups is 1. The largest absolute Gasteiger partial charge is 0.384 e. The normalized spacial score (nSPS) is 29.5. The Labute approximate surface area is 122 Å². The summed E-state index contributed by atoms with van der Waals surface area (Å²) >= 11 is 0. The van der Waals surface area contributed by atoms with Gasteiger partial charge in [-0.3, -0.25) is 0 Å². The minimum atomic E-state index is -1.09. The lowest BCUT2D eigenvalue weighted by Crippen LogP contribution is -2.45. The number of benzene rings is 1. The highest BCUT2D eigenvalue weighted by atomic mass is 16.3. The summed E-state index contributed by atoms with van der Waals surface area (Å²) < 4.78 is 0. The summed E-state index contributed by atoms with van der Waals surface area (Å²) in [5.74, 6) is 0.501. The van der Waals surface area contributed by atoms with E-state index in [1.54, 1.807) is 0 Å². The van der Waals surface area contributed by atoms with E-state index in [2.05, 4.69) is 26.8 Å². The van der Waals surface area contributed by atoms with Crippen LogP contribution in [-0.4, -0.2) is 5.11 Å². The van der Waals surface area contributed by atoms with Crippen molar-refractivity contribution >= 4 is 0 Å². The van der Waals surface area contributed by atoms with Gasteiger partial charge in [-0.25, -0.2) is 0 Å².